The number of benzene rings is 1. The van der Waals surface area contributed by atoms with Crippen molar-refractivity contribution in [1.82, 2.24) is 4.90 Å². The largest absolute Gasteiger partial charge is 0.342 e. The quantitative estimate of drug-likeness (QED) is 0.927. The van der Waals surface area contributed by atoms with Gasteiger partial charge in [0.05, 0.1) is 6.42 Å². The van der Waals surface area contributed by atoms with E-state index in [-0.39, 0.29) is 12.3 Å². The van der Waals surface area contributed by atoms with E-state index in [1.54, 1.807) is 18.2 Å². The van der Waals surface area contributed by atoms with E-state index in [0.717, 1.165) is 19.5 Å². The summed E-state index contributed by atoms with van der Waals surface area (Å²) in [4.78, 5) is 14.0. The molecule has 0 spiro atoms. The molecule has 1 amide bonds. The predicted molar refractivity (Wildman–Crippen MR) is 73.9 cm³/mol. The minimum atomic E-state index is 0.0703. The monoisotopic (exact) mass is 286 g/mol. The number of rotatable bonds is 3. The molecule has 0 aliphatic carbocycles. The maximum Gasteiger partial charge on any atom is 0.227 e. The van der Waals surface area contributed by atoms with Crippen molar-refractivity contribution in [3.05, 3.63) is 33.8 Å². The van der Waals surface area contributed by atoms with E-state index in [0.29, 0.717) is 28.1 Å². The zero-order chi connectivity index (χ0) is 13.1. The van der Waals surface area contributed by atoms with Crippen LogP contribution in [-0.2, 0) is 11.2 Å². The summed E-state index contributed by atoms with van der Waals surface area (Å²) in [5.41, 5.74) is 6.33. The Morgan fingerprint density at radius 2 is 2.06 bits per heavy atom. The standard InChI is InChI=1S/C13H16Cl2N2O/c14-11-2-1-3-12(15)10(11)6-13(18)17-5-4-9(7-16)8-17/h1-3,9H,4-8,16H2/t9-/m1/s1. The van der Waals surface area contributed by atoms with Crippen molar-refractivity contribution >= 4 is 29.1 Å². The van der Waals surface area contributed by atoms with Gasteiger partial charge >= 0.3 is 0 Å². The molecule has 1 aromatic carbocycles. The molecule has 1 aliphatic heterocycles. The van der Waals surface area contributed by atoms with Crippen molar-refractivity contribution in [2.75, 3.05) is 19.6 Å². The zero-order valence-corrected chi connectivity index (χ0v) is 11.5. The number of nitrogens with zero attached hydrogens (tertiary/aromatic N) is 1. The number of carbonyl (C=O) groups is 1. The molecule has 98 valence electrons. The number of amides is 1. The first-order valence-electron chi connectivity index (χ1n) is 6.02. The van der Waals surface area contributed by atoms with E-state index < -0.39 is 0 Å². The van der Waals surface area contributed by atoms with Crippen LogP contribution in [0.3, 0.4) is 0 Å². The van der Waals surface area contributed by atoms with Crippen LogP contribution in [0.4, 0.5) is 0 Å². The molecule has 0 radical (unpaired) electrons. The number of carbonyl (C=O) groups excluding carboxylic acids is 1. The summed E-state index contributed by atoms with van der Waals surface area (Å²) in [6.45, 7) is 2.16. The van der Waals surface area contributed by atoms with E-state index in [4.69, 9.17) is 28.9 Å². The minimum Gasteiger partial charge on any atom is -0.342 e. The SMILES string of the molecule is NC[C@H]1CCN(C(=O)Cc2c(Cl)cccc2Cl)C1. The Balaban J connectivity index is 2.04. The van der Waals surface area contributed by atoms with E-state index in [1.165, 1.54) is 0 Å². The van der Waals surface area contributed by atoms with Crippen LogP contribution in [-0.4, -0.2) is 30.4 Å². The lowest BCUT2D eigenvalue weighted by molar-refractivity contribution is -0.129. The topological polar surface area (TPSA) is 46.3 Å². The number of halogens is 2. The van der Waals surface area contributed by atoms with Crippen molar-refractivity contribution in [2.24, 2.45) is 11.7 Å². The van der Waals surface area contributed by atoms with E-state index in [9.17, 15) is 4.79 Å². The van der Waals surface area contributed by atoms with Crippen LogP contribution in [0.2, 0.25) is 10.0 Å². The summed E-state index contributed by atoms with van der Waals surface area (Å²) in [6, 6.07) is 5.28. The second kappa shape index (κ2) is 5.91. The Labute approximate surface area is 117 Å². The lowest BCUT2D eigenvalue weighted by Crippen LogP contribution is -2.31. The van der Waals surface area contributed by atoms with Crippen molar-refractivity contribution in [3.63, 3.8) is 0 Å². The second-order valence-corrected chi connectivity index (χ2v) is 5.42. The van der Waals surface area contributed by atoms with Gasteiger partial charge in [-0.2, -0.15) is 0 Å². The maximum atomic E-state index is 12.1. The molecule has 0 aromatic heterocycles. The summed E-state index contributed by atoms with van der Waals surface area (Å²) in [5, 5.41) is 1.09. The Kier molecular flexibility index (Phi) is 4.49. The Morgan fingerprint density at radius 3 is 2.61 bits per heavy atom. The van der Waals surface area contributed by atoms with E-state index in [2.05, 4.69) is 0 Å². The molecule has 18 heavy (non-hydrogen) atoms. The molecule has 2 rings (SSSR count). The van der Waals surface area contributed by atoms with Gasteiger partial charge in [-0.15, -0.1) is 0 Å². The third-order valence-electron chi connectivity index (χ3n) is 3.36. The fourth-order valence-electron chi connectivity index (χ4n) is 2.22. The summed E-state index contributed by atoms with van der Waals surface area (Å²) in [7, 11) is 0. The molecule has 2 N–H and O–H groups in total. The number of hydrogen-bond acceptors (Lipinski definition) is 2. The van der Waals surface area contributed by atoms with Crippen LogP contribution in [0.1, 0.15) is 12.0 Å². The van der Waals surface area contributed by atoms with Gasteiger partial charge < -0.3 is 10.6 Å². The average Bonchev–Trinajstić information content (AvgIpc) is 2.82. The molecule has 1 aromatic rings. The van der Waals surface area contributed by atoms with Crippen LogP contribution in [0.25, 0.3) is 0 Å². The fourth-order valence-corrected chi connectivity index (χ4v) is 2.75. The third-order valence-corrected chi connectivity index (χ3v) is 4.07. The van der Waals surface area contributed by atoms with Crippen molar-refractivity contribution < 1.29 is 4.79 Å². The minimum absolute atomic E-state index is 0.0703. The van der Waals surface area contributed by atoms with Gasteiger partial charge in [0.25, 0.3) is 0 Å². The van der Waals surface area contributed by atoms with Gasteiger partial charge in [0.1, 0.15) is 0 Å². The van der Waals surface area contributed by atoms with Crippen LogP contribution in [0.5, 0.6) is 0 Å². The molecule has 3 nitrogen and oxygen atoms in total. The zero-order valence-electron chi connectivity index (χ0n) is 10.0. The molecule has 0 bridgehead atoms. The predicted octanol–water partition coefficient (Wildman–Crippen LogP) is 2.34. The maximum absolute atomic E-state index is 12.1. The first-order chi connectivity index (χ1) is 8.61. The van der Waals surface area contributed by atoms with Crippen LogP contribution in [0.15, 0.2) is 18.2 Å². The fraction of sp³-hybridized carbons (Fsp3) is 0.462. The normalized spacial score (nSPS) is 19.3. The molecule has 0 saturated carbocycles. The summed E-state index contributed by atoms with van der Waals surface area (Å²) < 4.78 is 0. The van der Waals surface area contributed by atoms with Gasteiger partial charge in [0.15, 0.2) is 0 Å². The first-order valence-corrected chi connectivity index (χ1v) is 6.78. The van der Waals surface area contributed by atoms with Crippen molar-refractivity contribution in [1.29, 1.82) is 0 Å². The van der Waals surface area contributed by atoms with Crippen LogP contribution >= 0.6 is 23.2 Å². The van der Waals surface area contributed by atoms with Crippen molar-refractivity contribution in [3.8, 4) is 0 Å². The molecule has 1 atom stereocenters. The first kappa shape index (κ1) is 13.7. The molecule has 5 heteroatoms. The summed E-state index contributed by atoms with van der Waals surface area (Å²) >= 11 is 12.1. The Hall–Kier alpha value is -0.770. The molecule has 0 unspecified atom stereocenters. The molecule has 1 aliphatic rings. The van der Waals surface area contributed by atoms with Crippen LogP contribution < -0.4 is 5.73 Å². The molecule has 1 fully saturated rings. The number of likely N-dealkylation sites (tertiary alicyclic amines) is 1. The Morgan fingerprint density at radius 1 is 1.39 bits per heavy atom. The average molecular weight is 287 g/mol. The lowest BCUT2D eigenvalue weighted by atomic mass is 10.1. The van der Waals surface area contributed by atoms with Gasteiger partial charge in [-0.3, -0.25) is 4.79 Å². The van der Waals surface area contributed by atoms with Gasteiger partial charge in [-0.25, -0.2) is 0 Å². The van der Waals surface area contributed by atoms with Crippen LogP contribution in [0, 0.1) is 5.92 Å². The number of hydrogen-bond donors (Lipinski definition) is 1. The third kappa shape index (κ3) is 2.97. The highest BCUT2D eigenvalue weighted by Crippen LogP contribution is 2.26. The second-order valence-electron chi connectivity index (χ2n) is 4.61. The Bertz CT molecular complexity index is 430. The van der Waals surface area contributed by atoms with Gasteiger partial charge in [-0.1, -0.05) is 29.3 Å². The molecular weight excluding hydrogens is 271 g/mol. The molecule has 1 saturated heterocycles. The highest BCUT2D eigenvalue weighted by Gasteiger charge is 2.25. The summed E-state index contributed by atoms with van der Waals surface area (Å²) in [6.07, 6.45) is 1.24. The van der Waals surface area contributed by atoms with E-state index in [1.807, 2.05) is 4.90 Å². The highest BCUT2D eigenvalue weighted by molar-refractivity contribution is 6.36. The van der Waals surface area contributed by atoms with Gasteiger partial charge in [-0.05, 0) is 36.6 Å². The molecule has 1 heterocycles. The molecular formula is C13H16Cl2N2O. The van der Waals surface area contributed by atoms with Gasteiger partial charge in [0.2, 0.25) is 5.91 Å². The van der Waals surface area contributed by atoms with Gasteiger partial charge in [0, 0.05) is 23.1 Å². The van der Waals surface area contributed by atoms with E-state index >= 15 is 0 Å². The highest BCUT2D eigenvalue weighted by atomic mass is 35.5. The lowest BCUT2D eigenvalue weighted by Gasteiger charge is -2.17. The smallest absolute Gasteiger partial charge is 0.227 e. The summed E-state index contributed by atoms with van der Waals surface area (Å²) in [5.74, 6) is 0.497. The number of nitrogens with two attached hydrogens (primary N) is 1. The van der Waals surface area contributed by atoms with Crippen molar-refractivity contribution in [2.45, 2.75) is 12.8 Å².